The lowest BCUT2D eigenvalue weighted by atomic mass is 10.1. The largest absolute Gasteiger partial charge is 0.376 e. The first kappa shape index (κ1) is 12.5. The Balaban J connectivity index is 2.02. The van der Waals surface area contributed by atoms with Crippen molar-refractivity contribution in [2.24, 2.45) is 0 Å². The number of hydrogen-bond acceptors (Lipinski definition) is 6. The van der Waals surface area contributed by atoms with Gasteiger partial charge in [0.15, 0.2) is 10.8 Å². The third-order valence-corrected chi connectivity index (χ3v) is 3.76. The lowest BCUT2D eigenvalue weighted by molar-refractivity contribution is 0.109. The smallest absolute Gasteiger partial charge is 0.190 e. The maximum atomic E-state index is 5.51. The summed E-state index contributed by atoms with van der Waals surface area (Å²) in [5, 5.41) is 6.18. The first-order valence-corrected chi connectivity index (χ1v) is 7.37. The summed E-state index contributed by atoms with van der Waals surface area (Å²) in [7, 11) is 0. The van der Waals surface area contributed by atoms with Gasteiger partial charge in [0.2, 0.25) is 0 Å². The highest BCUT2D eigenvalue weighted by Crippen LogP contribution is 2.26. The molecule has 2 aromatic heterocycles. The van der Waals surface area contributed by atoms with Crippen LogP contribution in [0.15, 0.2) is 11.6 Å². The Morgan fingerprint density at radius 1 is 1.42 bits per heavy atom. The number of fused-ring (bicyclic) bond motifs is 1. The molecule has 0 spiro atoms. The Labute approximate surface area is 116 Å². The summed E-state index contributed by atoms with van der Waals surface area (Å²) in [4.78, 5) is 13.5. The van der Waals surface area contributed by atoms with Crippen molar-refractivity contribution in [1.82, 2.24) is 15.0 Å². The monoisotopic (exact) mass is 276 g/mol. The molecule has 5 nitrogen and oxygen atoms in total. The van der Waals surface area contributed by atoms with Gasteiger partial charge in [-0.25, -0.2) is 15.0 Å². The summed E-state index contributed by atoms with van der Waals surface area (Å²) in [5.74, 6) is 1.62. The van der Waals surface area contributed by atoms with E-state index < -0.39 is 0 Å². The fourth-order valence-corrected chi connectivity index (χ4v) is 2.62. The first-order valence-electron chi connectivity index (χ1n) is 6.49. The minimum Gasteiger partial charge on any atom is -0.376 e. The van der Waals surface area contributed by atoms with E-state index in [1.54, 1.807) is 17.5 Å². The Hall–Kier alpha value is -1.53. The van der Waals surface area contributed by atoms with Crippen molar-refractivity contribution >= 4 is 17.2 Å². The Kier molecular flexibility index (Phi) is 3.70. The standard InChI is InChI=1S/C13H16N4OS/c1-2-4-14-11-9-8-18-6-3-10(9)16-12(17-11)13-15-5-7-19-13/h5,7H,2-4,6,8H2,1H3,(H,14,16,17). The van der Waals surface area contributed by atoms with Gasteiger partial charge in [-0.2, -0.15) is 0 Å². The molecule has 0 fully saturated rings. The van der Waals surface area contributed by atoms with Crippen LogP contribution in [-0.2, 0) is 17.8 Å². The lowest BCUT2D eigenvalue weighted by Crippen LogP contribution is -2.17. The van der Waals surface area contributed by atoms with Gasteiger partial charge in [0.1, 0.15) is 5.82 Å². The number of nitrogens with zero attached hydrogens (tertiary/aromatic N) is 3. The summed E-state index contributed by atoms with van der Waals surface area (Å²) >= 11 is 1.56. The van der Waals surface area contributed by atoms with Crippen LogP contribution >= 0.6 is 11.3 Å². The summed E-state index contributed by atoms with van der Waals surface area (Å²) in [6.45, 7) is 4.37. The van der Waals surface area contributed by atoms with Crippen molar-refractivity contribution in [1.29, 1.82) is 0 Å². The van der Waals surface area contributed by atoms with Crippen molar-refractivity contribution < 1.29 is 4.74 Å². The minimum absolute atomic E-state index is 0.597. The van der Waals surface area contributed by atoms with Crippen LogP contribution in [-0.4, -0.2) is 28.1 Å². The van der Waals surface area contributed by atoms with Gasteiger partial charge in [-0.1, -0.05) is 6.92 Å². The van der Waals surface area contributed by atoms with Crippen molar-refractivity contribution in [2.75, 3.05) is 18.5 Å². The van der Waals surface area contributed by atoms with Gasteiger partial charge in [-0.3, -0.25) is 0 Å². The van der Waals surface area contributed by atoms with Crippen molar-refractivity contribution in [3.63, 3.8) is 0 Å². The SMILES string of the molecule is CCCNc1nc(-c2nccs2)nc2c1COCC2. The van der Waals surface area contributed by atoms with Crippen LogP contribution in [0.1, 0.15) is 24.6 Å². The van der Waals surface area contributed by atoms with Crippen molar-refractivity contribution in [3.05, 3.63) is 22.8 Å². The molecular formula is C13H16N4OS. The number of ether oxygens (including phenoxy) is 1. The highest BCUT2D eigenvalue weighted by atomic mass is 32.1. The average Bonchev–Trinajstić information content (AvgIpc) is 2.98. The molecule has 2 aromatic rings. The van der Waals surface area contributed by atoms with E-state index in [-0.39, 0.29) is 0 Å². The van der Waals surface area contributed by atoms with Crippen LogP contribution in [0.2, 0.25) is 0 Å². The minimum atomic E-state index is 0.597. The predicted octanol–water partition coefficient (Wildman–Crippen LogP) is 2.49. The normalized spacial score (nSPS) is 14.2. The molecule has 6 heteroatoms. The second-order valence-electron chi connectivity index (χ2n) is 4.39. The summed E-state index contributed by atoms with van der Waals surface area (Å²) in [6, 6.07) is 0. The van der Waals surface area contributed by atoms with Gasteiger partial charge >= 0.3 is 0 Å². The molecule has 0 aromatic carbocycles. The van der Waals surface area contributed by atoms with E-state index in [0.29, 0.717) is 12.4 Å². The van der Waals surface area contributed by atoms with Gasteiger partial charge in [0, 0.05) is 30.1 Å². The maximum Gasteiger partial charge on any atom is 0.190 e. The Morgan fingerprint density at radius 2 is 2.37 bits per heavy atom. The number of hydrogen-bond donors (Lipinski definition) is 1. The second-order valence-corrected chi connectivity index (χ2v) is 5.28. The number of aromatic nitrogens is 3. The molecule has 1 aliphatic heterocycles. The van der Waals surface area contributed by atoms with Gasteiger partial charge in [-0.15, -0.1) is 11.3 Å². The van der Waals surface area contributed by atoms with E-state index in [1.807, 2.05) is 5.38 Å². The average molecular weight is 276 g/mol. The molecule has 3 rings (SSSR count). The number of anilines is 1. The molecule has 0 atom stereocenters. The fourth-order valence-electron chi connectivity index (χ4n) is 2.05. The number of thiazole rings is 1. The van der Waals surface area contributed by atoms with Crippen molar-refractivity contribution in [2.45, 2.75) is 26.4 Å². The number of rotatable bonds is 4. The van der Waals surface area contributed by atoms with Gasteiger partial charge in [0.05, 0.1) is 18.9 Å². The van der Waals surface area contributed by atoms with Gasteiger partial charge in [-0.05, 0) is 6.42 Å². The van der Waals surface area contributed by atoms with Crippen LogP contribution in [0.4, 0.5) is 5.82 Å². The van der Waals surface area contributed by atoms with Crippen LogP contribution < -0.4 is 5.32 Å². The molecule has 0 radical (unpaired) electrons. The van der Waals surface area contributed by atoms with E-state index in [1.165, 1.54) is 0 Å². The molecule has 0 saturated heterocycles. The van der Waals surface area contributed by atoms with E-state index >= 15 is 0 Å². The maximum absolute atomic E-state index is 5.51. The zero-order chi connectivity index (χ0) is 13.1. The third kappa shape index (κ3) is 2.59. The zero-order valence-corrected chi connectivity index (χ0v) is 11.7. The molecule has 19 heavy (non-hydrogen) atoms. The van der Waals surface area contributed by atoms with Crippen LogP contribution in [0.25, 0.3) is 10.8 Å². The second kappa shape index (κ2) is 5.63. The van der Waals surface area contributed by atoms with E-state index in [0.717, 1.165) is 48.1 Å². The summed E-state index contributed by atoms with van der Waals surface area (Å²) in [5.41, 5.74) is 2.19. The highest BCUT2D eigenvalue weighted by Gasteiger charge is 2.19. The molecule has 3 heterocycles. The highest BCUT2D eigenvalue weighted by molar-refractivity contribution is 7.13. The van der Waals surface area contributed by atoms with Crippen LogP contribution in [0.5, 0.6) is 0 Å². The third-order valence-electron chi connectivity index (χ3n) is 2.99. The van der Waals surface area contributed by atoms with Gasteiger partial charge in [0.25, 0.3) is 0 Å². The predicted molar refractivity (Wildman–Crippen MR) is 75.3 cm³/mol. The molecule has 1 aliphatic rings. The van der Waals surface area contributed by atoms with E-state index in [9.17, 15) is 0 Å². The molecule has 0 amide bonds. The Morgan fingerprint density at radius 3 is 3.16 bits per heavy atom. The van der Waals surface area contributed by atoms with E-state index in [2.05, 4.69) is 27.2 Å². The topological polar surface area (TPSA) is 59.9 Å². The molecule has 0 saturated carbocycles. The van der Waals surface area contributed by atoms with Crippen molar-refractivity contribution in [3.8, 4) is 10.8 Å². The van der Waals surface area contributed by atoms with Crippen LogP contribution in [0.3, 0.4) is 0 Å². The Bertz CT molecular complexity index is 556. The summed E-state index contributed by atoms with van der Waals surface area (Å²) < 4.78 is 5.51. The lowest BCUT2D eigenvalue weighted by Gasteiger charge is -2.19. The quantitative estimate of drug-likeness (QED) is 0.929. The first-order chi connectivity index (χ1) is 9.38. The molecule has 0 bridgehead atoms. The summed E-state index contributed by atoms with van der Waals surface area (Å²) in [6.07, 6.45) is 3.69. The molecule has 0 aliphatic carbocycles. The zero-order valence-electron chi connectivity index (χ0n) is 10.8. The fraction of sp³-hybridized carbons (Fsp3) is 0.462. The molecule has 0 unspecified atom stereocenters. The number of nitrogens with one attached hydrogen (secondary N) is 1. The van der Waals surface area contributed by atoms with E-state index in [4.69, 9.17) is 4.74 Å². The van der Waals surface area contributed by atoms with Crippen LogP contribution in [0, 0.1) is 0 Å². The molecule has 100 valence electrons. The molecular weight excluding hydrogens is 260 g/mol. The molecule has 1 N–H and O–H groups in total. The van der Waals surface area contributed by atoms with Gasteiger partial charge < -0.3 is 10.1 Å².